The molecular formula is C13H25N3S. The van der Waals surface area contributed by atoms with Gasteiger partial charge in [-0.3, -0.25) is 4.99 Å². The lowest BCUT2D eigenvalue weighted by Crippen LogP contribution is -2.40. The Labute approximate surface area is 109 Å². The molecule has 0 aromatic carbocycles. The molecule has 0 unspecified atom stereocenters. The van der Waals surface area contributed by atoms with Gasteiger partial charge in [-0.1, -0.05) is 38.5 Å². The van der Waals surface area contributed by atoms with Crippen LogP contribution in [0, 0.1) is 0 Å². The van der Waals surface area contributed by atoms with Crippen molar-refractivity contribution in [1.82, 2.24) is 10.2 Å². The van der Waals surface area contributed by atoms with Crippen molar-refractivity contribution in [2.45, 2.75) is 45.1 Å². The second kappa shape index (κ2) is 6.10. The van der Waals surface area contributed by atoms with Crippen LogP contribution in [0.25, 0.3) is 0 Å². The van der Waals surface area contributed by atoms with E-state index in [4.69, 9.17) is 4.99 Å². The molecule has 1 heterocycles. The quantitative estimate of drug-likeness (QED) is 0.817. The molecule has 2 aliphatic rings. The van der Waals surface area contributed by atoms with Gasteiger partial charge in [-0.05, 0) is 25.9 Å². The molecule has 0 amide bonds. The van der Waals surface area contributed by atoms with Crippen molar-refractivity contribution in [2.75, 3.05) is 31.9 Å². The minimum atomic E-state index is 0.415. The van der Waals surface area contributed by atoms with Crippen molar-refractivity contribution in [1.29, 1.82) is 0 Å². The van der Waals surface area contributed by atoms with Crippen molar-refractivity contribution < 1.29 is 0 Å². The third-order valence-electron chi connectivity index (χ3n) is 3.98. The minimum absolute atomic E-state index is 0.415. The van der Waals surface area contributed by atoms with Gasteiger partial charge in [0, 0.05) is 17.8 Å². The number of nitrogens with zero attached hydrogens (tertiary/aromatic N) is 2. The number of amidine groups is 1. The van der Waals surface area contributed by atoms with E-state index in [9.17, 15) is 0 Å². The highest BCUT2D eigenvalue weighted by molar-refractivity contribution is 8.14. The van der Waals surface area contributed by atoms with Crippen LogP contribution in [-0.2, 0) is 0 Å². The van der Waals surface area contributed by atoms with E-state index in [1.807, 2.05) is 11.8 Å². The molecule has 1 aliphatic heterocycles. The van der Waals surface area contributed by atoms with E-state index in [-0.39, 0.29) is 0 Å². The molecule has 1 saturated carbocycles. The molecule has 0 radical (unpaired) electrons. The Morgan fingerprint density at radius 2 is 2.00 bits per heavy atom. The summed E-state index contributed by atoms with van der Waals surface area (Å²) in [6.07, 6.45) is 5.46. The first-order valence-corrected chi connectivity index (χ1v) is 7.94. The smallest absolute Gasteiger partial charge is 0.157 e. The van der Waals surface area contributed by atoms with E-state index in [1.54, 1.807) is 0 Å². The Balaban J connectivity index is 1.76. The maximum Gasteiger partial charge on any atom is 0.157 e. The van der Waals surface area contributed by atoms with Gasteiger partial charge in [0.25, 0.3) is 0 Å². The van der Waals surface area contributed by atoms with Crippen molar-refractivity contribution in [3.8, 4) is 0 Å². The zero-order valence-electron chi connectivity index (χ0n) is 11.2. The summed E-state index contributed by atoms with van der Waals surface area (Å²) in [5, 5.41) is 4.86. The van der Waals surface area contributed by atoms with E-state index >= 15 is 0 Å². The van der Waals surface area contributed by atoms with E-state index in [0.717, 1.165) is 26.2 Å². The van der Waals surface area contributed by atoms with E-state index in [1.165, 1.54) is 36.6 Å². The summed E-state index contributed by atoms with van der Waals surface area (Å²) in [4.78, 5) is 7.13. The molecule has 2 fully saturated rings. The van der Waals surface area contributed by atoms with Crippen LogP contribution in [-0.4, -0.2) is 47.5 Å². The monoisotopic (exact) mass is 255 g/mol. The van der Waals surface area contributed by atoms with Crippen molar-refractivity contribution in [3.05, 3.63) is 0 Å². The first-order valence-electron chi connectivity index (χ1n) is 6.96. The van der Waals surface area contributed by atoms with Crippen LogP contribution in [0.4, 0.5) is 0 Å². The van der Waals surface area contributed by atoms with Gasteiger partial charge in [0.05, 0.1) is 6.54 Å². The predicted molar refractivity (Wildman–Crippen MR) is 76.9 cm³/mol. The maximum atomic E-state index is 4.70. The van der Waals surface area contributed by atoms with Gasteiger partial charge in [-0.15, -0.1) is 0 Å². The van der Waals surface area contributed by atoms with Gasteiger partial charge >= 0.3 is 0 Å². The maximum absolute atomic E-state index is 4.70. The van der Waals surface area contributed by atoms with E-state index < -0.39 is 0 Å². The summed E-state index contributed by atoms with van der Waals surface area (Å²) in [6, 6.07) is 0. The lowest BCUT2D eigenvalue weighted by molar-refractivity contribution is 0.313. The summed E-state index contributed by atoms with van der Waals surface area (Å²) in [5.74, 6) is 1.23. The molecule has 17 heavy (non-hydrogen) atoms. The van der Waals surface area contributed by atoms with Gasteiger partial charge in [0.1, 0.15) is 0 Å². The molecule has 3 nitrogen and oxygen atoms in total. The number of likely N-dealkylation sites (N-methyl/N-ethyl adjacent to an activating group) is 1. The first-order chi connectivity index (χ1) is 8.28. The second-order valence-corrected chi connectivity index (χ2v) is 6.08. The van der Waals surface area contributed by atoms with Crippen molar-refractivity contribution in [2.24, 2.45) is 4.99 Å². The molecule has 1 N–H and O–H groups in total. The summed E-state index contributed by atoms with van der Waals surface area (Å²) >= 11 is 1.93. The van der Waals surface area contributed by atoms with Crippen LogP contribution in [0.5, 0.6) is 0 Å². The van der Waals surface area contributed by atoms with Crippen LogP contribution in [0.2, 0.25) is 0 Å². The zero-order valence-corrected chi connectivity index (χ0v) is 12.0. The molecule has 4 heteroatoms. The van der Waals surface area contributed by atoms with Crippen LogP contribution in [0.15, 0.2) is 4.99 Å². The highest BCUT2D eigenvalue weighted by Gasteiger charge is 2.39. The lowest BCUT2D eigenvalue weighted by Gasteiger charge is -2.22. The summed E-state index contributed by atoms with van der Waals surface area (Å²) in [5.41, 5.74) is 0.415. The number of nitrogens with one attached hydrogen (secondary N) is 1. The Hall–Kier alpha value is -0.220. The van der Waals surface area contributed by atoms with Crippen molar-refractivity contribution in [3.63, 3.8) is 0 Å². The largest absolute Gasteiger partial charge is 0.359 e. The molecule has 2 rings (SSSR count). The Bertz CT molecular complexity index is 268. The number of hydrogen-bond acceptors (Lipinski definition) is 3. The first kappa shape index (κ1) is 13.2. The zero-order chi connectivity index (χ0) is 12.1. The number of rotatable bonds is 5. The fraction of sp³-hybridized carbons (Fsp3) is 0.923. The Kier molecular flexibility index (Phi) is 4.74. The Morgan fingerprint density at radius 3 is 2.65 bits per heavy atom. The average molecular weight is 255 g/mol. The molecule has 0 bridgehead atoms. The van der Waals surface area contributed by atoms with Crippen LogP contribution in [0.3, 0.4) is 0 Å². The van der Waals surface area contributed by atoms with Gasteiger partial charge in [0.15, 0.2) is 5.17 Å². The van der Waals surface area contributed by atoms with E-state index in [0.29, 0.717) is 5.54 Å². The summed E-state index contributed by atoms with van der Waals surface area (Å²) in [6.45, 7) is 8.72. The van der Waals surface area contributed by atoms with Crippen LogP contribution >= 0.6 is 11.8 Å². The molecule has 0 atom stereocenters. The molecule has 98 valence electrons. The number of aliphatic imine (C=N–C) groups is 1. The van der Waals surface area contributed by atoms with Crippen molar-refractivity contribution >= 4 is 16.9 Å². The van der Waals surface area contributed by atoms with E-state index in [2.05, 4.69) is 24.1 Å². The minimum Gasteiger partial charge on any atom is -0.359 e. The highest BCUT2D eigenvalue weighted by Crippen LogP contribution is 2.37. The van der Waals surface area contributed by atoms with Gasteiger partial charge < -0.3 is 10.2 Å². The molecule has 1 aliphatic carbocycles. The number of hydrogen-bond donors (Lipinski definition) is 1. The second-order valence-electron chi connectivity index (χ2n) is 5.11. The SMILES string of the molecule is CCN(CC)CCN=C1NC2(CCCC2)CS1. The summed E-state index contributed by atoms with van der Waals surface area (Å²) < 4.78 is 0. The average Bonchev–Trinajstić information content (AvgIpc) is 2.96. The topological polar surface area (TPSA) is 27.6 Å². The van der Waals surface area contributed by atoms with Crippen LogP contribution < -0.4 is 5.32 Å². The normalized spacial score (nSPS) is 25.0. The third kappa shape index (κ3) is 3.38. The molecule has 0 aromatic rings. The lowest BCUT2D eigenvalue weighted by atomic mass is 10.0. The van der Waals surface area contributed by atoms with Gasteiger partial charge in [0.2, 0.25) is 0 Å². The molecule has 1 spiro atoms. The summed E-state index contributed by atoms with van der Waals surface area (Å²) in [7, 11) is 0. The van der Waals surface area contributed by atoms with Gasteiger partial charge in [-0.2, -0.15) is 0 Å². The predicted octanol–water partition coefficient (Wildman–Crippen LogP) is 2.33. The standard InChI is InChI=1S/C13H25N3S/c1-3-16(4-2)10-9-14-12-15-13(11-17-12)7-5-6-8-13/h3-11H2,1-2H3,(H,14,15). The van der Waals surface area contributed by atoms with Crippen LogP contribution in [0.1, 0.15) is 39.5 Å². The fourth-order valence-corrected chi connectivity index (χ4v) is 3.99. The third-order valence-corrected chi connectivity index (χ3v) is 5.19. The molecular weight excluding hydrogens is 230 g/mol. The Morgan fingerprint density at radius 1 is 1.29 bits per heavy atom. The fourth-order valence-electron chi connectivity index (χ4n) is 2.74. The molecule has 0 aromatic heterocycles. The van der Waals surface area contributed by atoms with Gasteiger partial charge in [-0.25, -0.2) is 0 Å². The number of thioether (sulfide) groups is 1. The highest BCUT2D eigenvalue weighted by atomic mass is 32.2. The molecule has 1 saturated heterocycles.